The van der Waals surface area contributed by atoms with Gasteiger partial charge in [0.2, 0.25) is 0 Å². The number of rotatable bonds is 5. The van der Waals surface area contributed by atoms with Gasteiger partial charge in [-0.1, -0.05) is 35.9 Å². The number of benzene rings is 2. The Morgan fingerprint density at radius 1 is 1.17 bits per heavy atom. The van der Waals surface area contributed by atoms with Crippen LogP contribution < -0.4 is 10.7 Å². The molecule has 2 heterocycles. The molecule has 0 bridgehead atoms. The van der Waals surface area contributed by atoms with E-state index in [1.165, 1.54) is 6.07 Å². The van der Waals surface area contributed by atoms with Gasteiger partial charge in [0.1, 0.15) is 5.58 Å². The highest BCUT2D eigenvalue weighted by Gasteiger charge is 2.26. The fourth-order valence-corrected chi connectivity index (χ4v) is 4.15. The Hall–Kier alpha value is -2.63. The third-order valence-corrected chi connectivity index (χ3v) is 5.75. The predicted octanol–water partition coefficient (Wildman–Crippen LogP) is 4.32. The SMILES string of the molecule is Cc1ccc2c(=O)cc(C(=O)NCC(c3ccccc3Cl)N3CCCC3)oc2c1. The summed E-state index contributed by atoms with van der Waals surface area (Å²) in [6, 6.07) is 14.3. The van der Waals surface area contributed by atoms with Gasteiger partial charge < -0.3 is 9.73 Å². The standard InChI is InChI=1S/C23H23ClN2O3/c1-15-8-9-17-20(27)13-22(29-21(17)12-15)23(28)25-14-19(26-10-4-5-11-26)16-6-2-3-7-18(16)24/h2-3,6-9,12-13,19H,4-5,10-11,14H2,1H3,(H,25,28). The summed E-state index contributed by atoms with van der Waals surface area (Å²) in [4.78, 5) is 27.5. The zero-order valence-electron chi connectivity index (χ0n) is 16.3. The van der Waals surface area contributed by atoms with Crippen LogP contribution in [-0.2, 0) is 0 Å². The lowest BCUT2D eigenvalue weighted by Gasteiger charge is -2.28. The summed E-state index contributed by atoms with van der Waals surface area (Å²) in [6.07, 6.45) is 2.27. The van der Waals surface area contributed by atoms with Gasteiger partial charge in [0.25, 0.3) is 5.91 Å². The number of hydrogen-bond acceptors (Lipinski definition) is 4. The van der Waals surface area contributed by atoms with Crippen LogP contribution in [0, 0.1) is 6.92 Å². The van der Waals surface area contributed by atoms with Crippen molar-refractivity contribution >= 4 is 28.5 Å². The smallest absolute Gasteiger partial charge is 0.287 e. The van der Waals surface area contributed by atoms with E-state index >= 15 is 0 Å². The number of likely N-dealkylation sites (tertiary alicyclic amines) is 1. The summed E-state index contributed by atoms with van der Waals surface area (Å²) in [5.74, 6) is -0.380. The van der Waals surface area contributed by atoms with E-state index in [2.05, 4.69) is 10.2 Å². The van der Waals surface area contributed by atoms with Crippen molar-refractivity contribution in [2.75, 3.05) is 19.6 Å². The van der Waals surface area contributed by atoms with Gasteiger partial charge in [-0.05, 0) is 62.2 Å². The molecular formula is C23H23ClN2O3. The second kappa shape index (κ2) is 8.39. The number of carbonyl (C=O) groups is 1. The van der Waals surface area contributed by atoms with Gasteiger partial charge in [-0.15, -0.1) is 0 Å². The number of aryl methyl sites for hydroxylation is 1. The average molecular weight is 411 g/mol. The van der Waals surface area contributed by atoms with E-state index in [1.807, 2.05) is 37.3 Å². The molecule has 1 aromatic heterocycles. The van der Waals surface area contributed by atoms with Gasteiger partial charge in [-0.2, -0.15) is 0 Å². The van der Waals surface area contributed by atoms with Crippen LogP contribution in [0.15, 0.2) is 57.7 Å². The maximum absolute atomic E-state index is 12.8. The van der Waals surface area contributed by atoms with Gasteiger partial charge in [-0.3, -0.25) is 14.5 Å². The Bertz CT molecular complexity index is 1100. The monoisotopic (exact) mass is 410 g/mol. The Balaban J connectivity index is 1.57. The lowest BCUT2D eigenvalue weighted by molar-refractivity contribution is 0.0910. The number of fused-ring (bicyclic) bond motifs is 1. The largest absolute Gasteiger partial charge is 0.451 e. The molecule has 0 radical (unpaired) electrons. The maximum Gasteiger partial charge on any atom is 0.287 e. The Kier molecular flexibility index (Phi) is 5.69. The first-order valence-electron chi connectivity index (χ1n) is 9.84. The fourth-order valence-electron chi connectivity index (χ4n) is 3.89. The van der Waals surface area contributed by atoms with E-state index in [0.717, 1.165) is 37.1 Å². The van der Waals surface area contributed by atoms with E-state index in [4.69, 9.17) is 16.0 Å². The number of nitrogens with one attached hydrogen (secondary N) is 1. The van der Waals surface area contributed by atoms with Crippen molar-refractivity contribution in [3.8, 4) is 0 Å². The Morgan fingerprint density at radius 2 is 1.93 bits per heavy atom. The minimum atomic E-state index is -0.401. The molecule has 150 valence electrons. The normalized spacial score (nSPS) is 15.5. The number of hydrogen-bond donors (Lipinski definition) is 1. The van der Waals surface area contributed by atoms with Crippen molar-refractivity contribution in [3.05, 3.63) is 80.7 Å². The van der Waals surface area contributed by atoms with Crippen LogP contribution in [0.25, 0.3) is 11.0 Å². The van der Waals surface area contributed by atoms with Crippen molar-refractivity contribution in [1.82, 2.24) is 10.2 Å². The molecule has 4 rings (SSSR count). The molecule has 1 atom stereocenters. The van der Waals surface area contributed by atoms with Crippen LogP contribution in [-0.4, -0.2) is 30.4 Å². The van der Waals surface area contributed by atoms with Crippen molar-refractivity contribution in [2.45, 2.75) is 25.8 Å². The molecule has 1 aliphatic heterocycles. The molecule has 0 spiro atoms. The summed E-state index contributed by atoms with van der Waals surface area (Å²) in [7, 11) is 0. The van der Waals surface area contributed by atoms with E-state index in [1.54, 1.807) is 12.1 Å². The van der Waals surface area contributed by atoms with Crippen molar-refractivity contribution in [1.29, 1.82) is 0 Å². The quantitative estimate of drug-likeness (QED) is 0.680. The zero-order valence-corrected chi connectivity index (χ0v) is 17.0. The van der Waals surface area contributed by atoms with Crippen LogP contribution in [0.5, 0.6) is 0 Å². The Labute approximate surface area is 174 Å². The van der Waals surface area contributed by atoms with Crippen molar-refractivity contribution in [2.24, 2.45) is 0 Å². The number of carbonyl (C=O) groups excluding carboxylic acids is 1. The van der Waals surface area contributed by atoms with Gasteiger partial charge in [-0.25, -0.2) is 0 Å². The summed E-state index contributed by atoms with van der Waals surface area (Å²) < 4.78 is 5.72. The van der Waals surface area contributed by atoms with Crippen LogP contribution in [0.3, 0.4) is 0 Å². The minimum absolute atomic E-state index is 0.0208. The lowest BCUT2D eigenvalue weighted by atomic mass is 10.1. The van der Waals surface area contributed by atoms with Crippen LogP contribution in [0.1, 0.15) is 40.6 Å². The molecule has 0 aliphatic carbocycles. The highest BCUT2D eigenvalue weighted by molar-refractivity contribution is 6.31. The van der Waals surface area contributed by atoms with E-state index < -0.39 is 5.91 Å². The van der Waals surface area contributed by atoms with E-state index in [9.17, 15) is 9.59 Å². The predicted molar refractivity (Wildman–Crippen MR) is 115 cm³/mol. The summed E-state index contributed by atoms with van der Waals surface area (Å²) in [5, 5.41) is 4.09. The summed E-state index contributed by atoms with van der Waals surface area (Å²) >= 11 is 6.43. The molecular weight excluding hydrogens is 388 g/mol. The average Bonchev–Trinajstić information content (AvgIpc) is 3.23. The molecule has 1 aliphatic rings. The van der Waals surface area contributed by atoms with E-state index in [-0.39, 0.29) is 17.2 Å². The molecule has 5 nitrogen and oxygen atoms in total. The van der Waals surface area contributed by atoms with Crippen LogP contribution in [0.2, 0.25) is 5.02 Å². The Morgan fingerprint density at radius 3 is 2.69 bits per heavy atom. The second-order valence-corrected chi connectivity index (χ2v) is 7.87. The molecule has 3 aromatic rings. The molecule has 6 heteroatoms. The van der Waals surface area contributed by atoms with Gasteiger partial charge in [0, 0.05) is 17.6 Å². The number of halogens is 1. The van der Waals surface area contributed by atoms with Crippen LogP contribution in [0.4, 0.5) is 0 Å². The number of amides is 1. The van der Waals surface area contributed by atoms with Gasteiger partial charge in [0.05, 0.1) is 11.4 Å². The van der Waals surface area contributed by atoms with Crippen molar-refractivity contribution in [3.63, 3.8) is 0 Å². The van der Waals surface area contributed by atoms with E-state index in [0.29, 0.717) is 22.5 Å². The topological polar surface area (TPSA) is 62.6 Å². The summed E-state index contributed by atoms with van der Waals surface area (Å²) in [6.45, 7) is 4.24. The van der Waals surface area contributed by atoms with Gasteiger partial charge in [0.15, 0.2) is 11.2 Å². The van der Waals surface area contributed by atoms with Crippen LogP contribution >= 0.6 is 11.6 Å². The summed E-state index contributed by atoms with van der Waals surface area (Å²) in [5.41, 5.74) is 2.15. The molecule has 1 unspecified atom stereocenters. The molecule has 1 N–H and O–H groups in total. The highest BCUT2D eigenvalue weighted by atomic mass is 35.5. The third kappa shape index (κ3) is 4.21. The first kappa shape index (κ1) is 19.7. The molecule has 29 heavy (non-hydrogen) atoms. The molecule has 2 aromatic carbocycles. The zero-order chi connectivity index (χ0) is 20.4. The highest BCUT2D eigenvalue weighted by Crippen LogP contribution is 2.29. The molecule has 1 amide bonds. The molecule has 1 fully saturated rings. The molecule has 0 saturated carbocycles. The van der Waals surface area contributed by atoms with Crippen molar-refractivity contribution < 1.29 is 9.21 Å². The minimum Gasteiger partial charge on any atom is -0.451 e. The lowest BCUT2D eigenvalue weighted by Crippen LogP contribution is -2.37. The first-order valence-corrected chi connectivity index (χ1v) is 10.2. The molecule has 1 saturated heterocycles. The second-order valence-electron chi connectivity index (χ2n) is 7.46. The number of nitrogens with zero attached hydrogens (tertiary/aromatic N) is 1. The fraction of sp³-hybridized carbons (Fsp3) is 0.304. The maximum atomic E-state index is 12.8. The van der Waals surface area contributed by atoms with Gasteiger partial charge >= 0.3 is 0 Å². The first-order chi connectivity index (χ1) is 14.0. The third-order valence-electron chi connectivity index (χ3n) is 5.41.